The van der Waals surface area contributed by atoms with Crippen molar-refractivity contribution >= 4 is 11.5 Å². The van der Waals surface area contributed by atoms with Crippen LogP contribution in [0.2, 0.25) is 0 Å². The lowest BCUT2D eigenvalue weighted by Gasteiger charge is -2.10. The molecule has 1 aromatic heterocycles. The summed E-state index contributed by atoms with van der Waals surface area (Å²) in [5.41, 5.74) is 0.973. The lowest BCUT2D eigenvalue weighted by Crippen LogP contribution is -2.02. The van der Waals surface area contributed by atoms with Crippen LogP contribution >= 0.6 is 0 Å². The first-order valence-corrected chi connectivity index (χ1v) is 6.80. The Hall–Kier alpha value is -2.63. The van der Waals surface area contributed by atoms with Gasteiger partial charge >= 0.3 is 0 Å². The molecule has 6 heteroatoms. The molecule has 0 saturated heterocycles. The number of rotatable bonds is 6. The average molecular weight is 287 g/mol. The lowest BCUT2D eigenvalue weighted by atomic mass is 10.1. The van der Waals surface area contributed by atoms with E-state index in [0.717, 1.165) is 12.0 Å². The first-order chi connectivity index (χ1) is 10.1. The smallest absolute Gasteiger partial charge is 0.278 e. The summed E-state index contributed by atoms with van der Waals surface area (Å²) < 4.78 is 5.72. The predicted octanol–water partition coefficient (Wildman–Crippen LogP) is 3.78. The van der Waals surface area contributed by atoms with Gasteiger partial charge in [-0.15, -0.1) is 0 Å². The van der Waals surface area contributed by atoms with Gasteiger partial charge in [0.1, 0.15) is 11.6 Å². The third kappa shape index (κ3) is 3.68. The van der Waals surface area contributed by atoms with E-state index in [1.807, 2.05) is 38.1 Å². The Balaban J connectivity index is 2.36. The van der Waals surface area contributed by atoms with Crippen molar-refractivity contribution in [3.8, 4) is 11.6 Å². The van der Waals surface area contributed by atoms with Gasteiger partial charge < -0.3 is 10.1 Å². The number of aryl methyl sites for hydroxylation is 1. The van der Waals surface area contributed by atoms with E-state index in [9.17, 15) is 10.1 Å². The molecule has 0 amide bonds. The molecule has 0 fully saturated rings. The highest BCUT2D eigenvalue weighted by Crippen LogP contribution is 2.28. The number of nitrogens with zero attached hydrogens (tertiary/aromatic N) is 2. The zero-order valence-electron chi connectivity index (χ0n) is 12.0. The number of nitrogens with one attached hydrogen (secondary N) is 1. The Bertz CT molecular complexity index is 644. The normalized spacial score (nSPS) is 10.2. The van der Waals surface area contributed by atoms with Crippen LogP contribution in [0.1, 0.15) is 19.4 Å². The molecule has 1 N–H and O–H groups in total. The Morgan fingerprint density at radius 2 is 2.05 bits per heavy atom. The molecule has 0 saturated carbocycles. The van der Waals surface area contributed by atoms with Crippen molar-refractivity contribution in [1.29, 1.82) is 0 Å². The van der Waals surface area contributed by atoms with Gasteiger partial charge in [0.05, 0.1) is 17.1 Å². The largest absolute Gasteiger partial charge is 0.438 e. The van der Waals surface area contributed by atoms with E-state index in [1.54, 1.807) is 0 Å². The summed E-state index contributed by atoms with van der Waals surface area (Å²) in [7, 11) is 0. The molecule has 0 spiro atoms. The standard InChI is InChI=1S/C15H17N3O3/c1-3-11-7-5-6-8-13(11)21-15-10-12(18(19)20)9-14(17-15)16-4-2/h5-10H,3-4H2,1-2H3,(H,16,17). The van der Waals surface area contributed by atoms with Crippen molar-refractivity contribution in [1.82, 2.24) is 4.98 Å². The molecule has 0 aliphatic carbocycles. The number of ether oxygens (including phenoxy) is 1. The molecule has 0 bridgehead atoms. The minimum absolute atomic E-state index is 0.0510. The number of pyridine rings is 1. The molecule has 1 heterocycles. The summed E-state index contributed by atoms with van der Waals surface area (Å²) >= 11 is 0. The number of hydrogen-bond acceptors (Lipinski definition) is 5. The highest BCUT2D eigenvalue weighted by molar-refractivity contribution is 5.49. The Labute approximate surface area is 122 Å². The van der Waals surface area contributed by atoms with Gasteiger partial charge in [0.2, 0.25) is 5.88 Å². The Morgan fingerprint density at radius 1 is 1.29 bits per heavy atom. The van der Waals surface area contributed by atoms with Crippen molar-refractivity contribution in [2.45, 2.75) is 20.3 Å². The third-order valence-electron chi connectivity index (χ3n) is 2.92. The SMILES string of the molecule is CCNc1cc([N+](=O)[O-])cc(Oc2ccccc2CC)n1. The van der Waals surface area contributed by atoms with Crippen LogP contribution in [0.4, 0.5) is 11.5 Å². The summed E-state index contributed by atoms with van der Waals surface area (Å²) in [6, 6.07) is 10.3. The number of anilines is 1. The Kier molecular flexibility index (Phi) is 4.71. The number of nitro groups is 1. The molecular formula is C15H17N3O3. The highest BCUT2D eigenvalue weighted by Gasteiger charge is 2.13. The summed E-state index contributed by atoms with van der Waals surface area (Å²) in [6.07, 6.45) is 0.811. The maximum absolute atomic E-state index is 11.0. The third-order valence-corrected chi connectivity index (χ3v) is 2.92. The summed E-state index contributed by atoms with van der Waals surface area (Å²) in [5.74, 6) is 1.30. The predicted molar refractivity (Wildman–Crippen MR) is 80.9 cm³/mol. The molecule has 0 unspecified atom stereocenters. The lowest BCUT2D eigenvalue weighted by molar-refractivity contribution is -0.384. The molecule has 21 heavy (non-hydrogen) atoms. The quantitative estimate of drug-likeness (QED) is 0.646. The zero-order chi connectivity index (χ0) is 15.2. The van der Waals surface area contributed by atoms with Crippen LogP contribution in [0.15, 0.2) is 36.4 Å². The van der Waals surface area contributed by atoms with Crippen LogP contribution < -0.4 is 10.1 Å². The van der Waals surface area contributed by atoms with Crippen molar-refractivity contribution in [2.24, 2.45) is 0 Å². The van der Waals surface area contributed by atoms with Gasteiger partial charge in [0, 0.05) is 6.54 Å². The van der Waals surface area contributed by atoms with Gasteiger partial charge in [-0.2, -0.15) is 4.98 Å². The molecule has 0 radical (unpaired) electrons. The van der Waals surface area contributed by atoms with Gasteiger partial charge in [-0.25, -0.2) is 0 Å². The van der Waals surface area contributed by atoms with Crippen molar-refractivity contribution < 1.29 is 9.66 Å². The second-order valence-electron chi connectivity index (χ2n) is 4.40. The molecule has 110 valence electrons. The van der Waals surface area contributed by atoms with Crippen LogP contribution in [-0.4, -0.2) is 16.5 Å². The molecule has 0 aliphatic heterocycles. The number of para-hydroxylation sites is 1. The monoisotopic (exact) mass is 287 g/mol. The first kappa shape index (κ1) is 14.8. The molecule has 2 aromatic rings. The topological polar surface area (TPSA) is 77.3 Å². The number of hydrogen-bond donors (Lipinski definition) is 1. The highest BCUT2D eigenvalue weighted by atomic mass is 16.6. The fourth-order valence-corrected chi connectivity index (χ4v) is 1.93. The van der Waals surface area contributed by atoms with Crippen molar-refractivity contribution in [2.75, 3.05) is 11.9 Å². The van der Waals surface area contributed by atoms with Crippen molar-refractivity contribution in [3.63, 3.8) is 0 Å². The summed E-state index contributed by atoms with van der Waals surface area (Å²) in [6.45, 7) is 4.54. The average Bonchev–Trinajstić information content (AvgIpc) is 2.48. The second kappa shape index (κ2) is 6.69. The van der Waals surface area contributed by atoms with Crippen molar-refractivity contribution in [3.05, 3.63) is 52.1 Å². The minimum Gasteiger partial charge on any atom is -0.438 e. The molecule has 1 aromatic carbocycles. The van der Waals surface area contributed by atoms with E-state index >= 15 is 0 Å². The van der Waals surface area contributed by atoms with E-state index in [4.69, 9.17) is 4.74 Å². The first-order valence-electron chi connectivity index (χ1n) is 6.80. The van der Waals surface area contributed by atoms with E-state index in [0.29, 0.717) is 18.1 Å². The maximum Gasteiger partial charge on any atom is 0.278 e. The van der Waals surface area contributed by atoms with E-state index < -0.39 is 4.92 Å². The van der Waals surface area contributed by atoms with Gasteiger partial charge in [-0.05, 0) is 25.0 Å². The molecule has 6 nitrogen and oxygen atoms in total. The minimum atomic E-state index is -0.457. The maximum atomic E-state index is 11.0. The van der Waals surface area contributed by atoms with E-state index in [1.165, 1.54) is 12.1 Å². The summed E-state index contributed by atoms with van der Waals surface area (Å²) in [4.78, 5) is 14.8. The van der Waals surface area contributed by atoms with Crippen LogP contribution in [-0.2, 0) is 6.42 Å². The van der Waals surface area contributed by atoms with Gasteiger partial charge in [0.15, 0.2) is 0 Å². The van der Waals surface area contributed by atoms with Crippen LogP contribution in [0.3, 0.4) is 0 Å². The van der Waals surface area contributed by atoms with Gasteiger partial charge in [0.25, 0.3) is 5.69 Å². The van der Waals surface area contributed by atoms with Crippen LogP contribution in [0, 0.1) is 10.1 Å². The number of aromatic nitrogens is 1. The van der Waals surface area contributed by atoms with E-state index in [2.05, 4.69) is 10.3 Å². The molecule has 0 atom stereocenters. The Morgan fingerprint density at radius 3 is 2.71 bits per heavy atom. The fraction of sp³-hybridized carbons (Fsp3) is 0.267. The van der Waals surface area contributed by atoms with Gasteiger partial charge in [-0.1, -0.05) is 25.1 Å². The van der Waals surface area contributed by atoms with E-state index in [-0.39, 0.29) is 11.6 Å². The van der Waals surface area contributed by atoms with Gasteiger partial charge in [-0.3, -0.25) is 10.1 Å². The molecule has 0 aliphatic rings. The number of benzene rings is 1. The molecule has 2 rings (SSSR count). The zero-order valence-corrected chi connectivity index (χ0v) is 12.0. The fourth-order valence-electron chi connectivity index (χ4n) is 1.93. The van der Waals surface area contributed by atoms with Crippen LogP contribution in [0.25, 0.3) is 0 Å². The molecular weight excluding hydrogens is 270 g/mol. The van der Waals surface area contributed by atoms with Crippen LogP contribution in [0.5, 0.6) is 11.6 Å². The second-order valence-corrected chi connectivity index (χ2v) is 4.40. The summed E-state index contributed by atoms with van der Waals surface area (Å²) in [5, 5.41) is 13.9.